The van der Waals surface area contributed by atoms with Gasteiger partial charge in [0.1, 0.15) is 6.04 Å². The molecular weight excluding hydrogens is 214 g/mol. The molecule has 1 N–H and O–H groups in total. The summed E-state index contributed by atoms with van der Waals surface area (Å²) in [6.07, 6.45) is 0.570. The van der Waals surface area contributed by atoms with E-state index < -0.39 is 17.0 Å². The van der Waals surface area contributed by atoms with E-state index in [-0.39, 0.29) is 10.7 Å². The second kappa shape index (κ2) is 6.23. The Kier molecular flexibility index (Phi) is 6.05. The molecule has 0 fully saturated rings. The Bertz CT molecular complexity index is 235. The summed E-state index contributed by atoms with van der Waals surface area (Å²) < 4.78 is 19.0. The highest BCUT2D eigenvalue weighted by molar-refractivity contribution is 7.84. The third-order valence-corrected chi connectivity index (χ3v) is 3.40. The summed E-state index contributed by atoms with van der Waals surface area (Å²) in [5.41, 5.74) is 0. The molecule has 0 aromatic rings. The Hall–Kier alpha value is -0.420. The van der Waals surface area contributed by atoms with Crippen molar-refractivity contribution in [3.05, 3.63) is 0 Å². The third-order valence-electron chi connectivity index (χ3n) is 1.78. The lowest BCUT2D eigenvalue weighted by atomic mass is 10.2. The maximum Gasteiger partial charge on any atom is 0.324 e. The molecule has 1 unspecified atom stereocenters. The van der Waals surface area contributed by atoms with E-state index in [1.54, 1.807) is 6.92 Å². The molecule has 90 valence electrons. The van der Waals surface area contributed by atoms with Crippen LogP contribution in [0.25, 0.3) is 0 Å². The number of nitrogens with one attached hydrogen (secondary N) is 1. The van der Waals surface area contributed by atoms with E-state index in [0.717, 1.165) is 0 Å². The van der Waals surface area contributed by atoms with E-state index >= 15 is 0 Å². The van der Waals surface area contributed by atoms with Gasteiger partial charge in [-0.25, -0.2) is 8.93 Å². The summed E-state index contributed by atoms with van der Waals surface area (Å²) >= 11 is 0. The fourth-order valence-corrected chi connectivity index (χ4v) is 1.72. The van der Waals surface area contributed by atoms with Crippen LogP contribution in [0.4, 0.5) is 0 Å². The molecule has 0 saturated heterocycles. The molecule has 2 atom stereocenters. The minimum atomic E-state index is -1.24. The molecule has 0 radical (unpaired) electrons. The summed E-state index contributed by atoms with van der Waals surface area (Å²) in [6.45, 7) is 9.52. The van der Waals surface area contributed by atoms with E-state index in [0.29, 0.717) is 13.0 Å². The van der Waals surface area contributed by atoms with Gasteiger partial charge < -0.3 is 4.74 Å². The lowest BCUT2D eigenvalue weighted by Crippen LogP contribution is -2.44. The Morgan fingerprint density at radius 1 is 1.40 bits per heavy atom. The topological polar surface area (TPSA) is 55.4 Å². The second-order valence-corrected chi connectivity index (χ2v) is 6.21. The van der Waals surface area contributed by atoms with Crippen molar-refractivity contribution in [1.29, 1.82) is 0 Å². The fraction of sp³-hybridized carbons (Fsp3) is 0.900. The highest BCUT2D eigenvalue weighted by atomic mass is 32.2. The smallest absolute Gasteiger partial charge is 0.324 e. The van der Waals surface area contributed by atoms with Gasteiger partial charge in [-0.3, -0.25) is 4.79 Å². The first kappa shape index (κ1) is 14.6. The fourth-order valence-electron chi connectivity index (χ4n) is 0.847. The largest absolute Gasteiger partial charge is 0.465 e. The van der Waals surface area contributed by atoms with Crippen LogP contribution >= 0.6 is 0 Å². The monoisotopic (exact) mass is 235 g/mol. The highest BCUT2D eigenvalue weighted by Crippen LogP contribution is 2.10. The predicted molar refractivity (Wildman–Crippen MR) is 61.7 cm³/mol. The molecule has 0 amide bonds. The average molecular weight is 235 g/mol. The molecule has 0 aromatic heterocycles. The second-order valence-electron chi connectivity index (χ2n) is 4.21. The molecule has 0 aromatic carbocycles. The maximum absolute atomic E-state index is 11.7. The molecule has 4 nitrogen and oxygen atoms in total. The van der Waals surface area contributed by atoms with Crippen molar-refractivity contribution in [3.63, 3.8) is 0 Å². The average Bonchev–Trinajstić information content (AvgIpc) is 2.12. The minimum Gasteiger partial charge on any atom is -0.465 e. The van der Waals surface area contributed by atoms with Crippen molar-refractivity contribution >= 4 is 17.0 Å². The number of carbonyl (C=O) groups excluding carboxylic acids is 1. The van der Waals surface area contributed by atoms with Gasteiger partial charge in [0.15, 0.2) is 0 Å². The molecule has 5 heteroatoms. The first-order chi connectivity index (χ1) is 6.82. The molecule has 0 saturated carbocycles. The predicted octanol–water partition coefficient (Wildman–Crippen LogP) is 1.38. The van der Waals surface area contributed by atoms with Gasteiger partial charge in [-0.1, -0.05) is 6.92 Å². The van der Waals surface area contributed by atoms with Crippen LogP contribution in [0.1, 0.15) is 41.0 Å². The van der Waals surface area contributed by atoms with Gasteiger partial charge in [-0.15, -0.1) is 0 Å². The SMILES string of the molecule is CCOC(=O)[C@@H](CC)NS(=O)C(C)(C)C. The molecule has 0 aliphatic heterocycles. The van der Waals surface area contributed by atoms with E-state index in [2.05, 4.69) is 4.72 Å². The van der Waals surface area contributed by atoms with Gasteiger partial charge in [-0.05, 0) is 34.1 Å². The van der Waals surface area contributed by atoms with Crippen molar-refractivity contribution in [2.45, 2.75) is 51.8 Å². The Morgan fingerprint density at radius 2 is 1.93 bits per heavy atom. The van der Waals surface area contributed by atoms with Crippen molar-refractivity contribution in [1.82, 2.24) is 4.72 Å². The zero-order valence-electron chi connectivity index (χ0n) is 10.1. The number of hydrogen-bond acceptors (Lipinski definition) is 3. The summed E-state index contributed by atoms with van der Waals surface area (Å²) in [4.78, 5) is 11.4. The zero-order valence-corrected chi connectivity index (χ0v) is 10.9. The maximum atomic E-state index is 11.7. The highest BCUT2D eigenvalue weighted by Gasteiger charge is 2.26. The van der Waals surface area contributed by atoms with E-state index in [9.17, 15) is 9.00 Å². The van der Waals surface area contributed by atoms with Gasteiger partial charge >= 0.3 is 5.97 Å². The third kappa shape index (κ3) is 5.28. The summed E-state index contributed by atoms with van der Waals surface area (Å²) in [6, 6.07) is -0.481. The Morgan fingerprint density at radius 3 is 2.27 bits per heavy atom. The van der Waals surface area contributed by atoms with Gasteiger partial charge in [0.2, 0.25) is 0 Å². The number of hydrogen-bond donors (Lipinski definition) is 1. The van der Waals surface area contributed by atoms with Gasteiger partial charge in [0.25, 0.3) is 0 Å². The van der Waals surface area contributed by atoms with Crippen LogP contribution in [0.15, 0.2) is 0 Å². The first-order valence-electron chi connectivity index (χ1n) is 5.17. The van der Waals surface area contributed by atoms with E-state index in [1.165, 1.54) is 0 Å². The lowest BCUT2D eigenvalue weighted by molar-refractivity contribution is -0.145. The van der Waals surface area contributed by atoms with Crippen molar-refractivity contribution < 1.29 is 13.7 Å². The molecule has 0 aliphatic carbocycles. The molecule has 0 bridgehead atoms. The lowest BCUT2D eigenvalue weighted by Gasteiger charge is -2.22. The van der Waals surface area contributed by atoms with Gasteiger partial charge in [0.05, 0.1) is 22.3 Å². The van der Waals surface area contributed by atoms with Crippen LogP contribution in [0.2, 0.25) is 0 Å². The zero-order chi connectivity index (χ0) is 12.1. The quantitative estimate of drug-likeness (QED) is 0.732. The van der Waals surface area contributed by atoms with Crippen molar-refractivity contribution in [3.8, 4) is 0 Å². The molecule has 15 heavy (non-hydrogen) atoms. The summed E-state index contributed by atoms with van der Waals surface area (Å²) in [5.74, 6) is -0.336. The normalized spacial score (nSPS) is 15.8. The molecular formula is C10H21NO3S. The first-order valence-corrected chi connectivity index (χ1v) is 6.32. The van der Waals surface area contributed by atoms with Crippen LogP contribution in [0.5, 0.6) is 0 Å². The van der Waals surface area contributed by atoms with E-state index in [1.807, 2.05) is 27.7 Å². The number of rotatable bonds is 5. The van der Waals surface area contributed by atoms with Gasteiger partial charge in [-0.2, -0.15) is 0 Å². The van der Waals surface area contributed by atoms with E-state index in [4.69, 9.17) is 4.74 Å². The molecule has 0 spiro atoms. The molecule has 0 aliphatic rings. The minimum absolute atomic E-state index is 0.336. The van der Waals surface area contributed by atoms with Gasteiger partial charge in [0, 0.05) is 0 Å². The van der Waals surface area contributed by atoms with Crippen molar-refractivity contribution in [2.75, 3.05) is 6.61 Å². The number of carbonyl (C=O) groups is 1. The Labute approximate surface area is 94.4 Å². The molecule has 0 heterocycles. The Balaban J connectivity index is 4.34. The number of esters is 1. The van der Waals surface area contributed by atoms with Crippen LogP contribution in [-0.2, 0) is 20.5 Å². The standard InChI is InChI=1S/C10H21NO3S/c1-6-8(9(12)14-7-2)11-15(13)10(3,4)5/h8,11H,6-7H2,1-5H3/t8-,15?/m1/s1. The molecule has 0 rings (SSSR count). The van der Waals surface area contributed by atoms with Crippen LogP contribution < -0.4 is 4.72 Å². The van der Waals surface area contributed by atoms with Crippen LogP contribution in [0, 0.1) is 0 Å². The summed E-state index contributed by atoms with van der Waals surface area (Å²) in [5, 5.41) is 0. The van der Waals surface area contributed by atoms with Crippen LogP contribution in [-0.4, -0.2) is 27.6 Å². The summed E-state index contributed by atoms with van der Waals surface area (Å²) in [7, 11) is -1.24. The number of ether oxygens (including phenoxy) is 1. The van der Waals surface area contributed by atoms with Crippen LogP contribution in [0.3, 0.4) is 0 Å². The van der Waals surface area contributed by atoms with Crippen molar-refractivity contribution in [2.24, 2.45) is 0 Å².